The number of nitrogens with one attached hydrogen (secondary N) is 1. The number of nitrogens with zero attached hydrogens (tertiary/aromatic N) is 3. The lowest BCUT2D eigenvalue weighted by Gasteiger charge is -2.35. The molecule has 2 rings (SSSR count). The first kappa shape index (κ1) is 15.5. The van der Waals surface area contributed by atoms with Crippen LogP contribution in [0.3, 0.4) is 0 Å². The van der Waals surface area contributed by atoms with Crippen LogP contribution in [0.25, 0.3) is 0 Å². The molecule has 1 saturated heterocycles. The molecule has 1 atom stereocenters. The Balaban J connectivity index is 1.85. The third-order valence-electron chi connectivity index (χ3n) is 4.08. The zero-order chi connectivity index (χ0) is 14.4. The Labute approximate surface area is 123 Å². The molecule has 0 aromatic carbocycles. The lowest BCUT2D eigenvalue weighted by atomic mass is 10.0. The van der Waals surface area contributed by atoms with Crippen molar-refractivity contribution in [2.24, 2.45) is 5.92 Å². The summed E-state index contributed by atoms with van der Waals surface area (Å²) in [4.78, 5) is 2.63. The molecule has 0 bridgehead atoms. The molecule has 20 heavy (non-hydrogen) atoms. The number of hydrogen-bond donors (Lipinski definition) is 1. The van der Waals surface area contributed by atoms with Gasteiger partial charge in [0.15, 0.2) is 0 Å². The van der Waals surface area contributed by atoms with Crippen LogP contribution in [0.1, 0.15) is 45.6 Å². The molecule has 1 fully saturated rings. The zero-order valence-electron chi connectivity index (χ0n) is 13.3. The molecule has 4 nitrogen and oxygen atoms in total. The highest BCUT2D eigenvalue weighted by Gasteiger charge is 2.22. The summed E-state index contributed by atoms with van der Waals surface area (Å²) in [5, 5.41) is 8.01. The van der Waals surface area contributed by atoms with Gasteiger partial charge in [-0.1, -0.05) is 20.3 Å². The van der Waals surface area contributed by atoms with E-state index in [0.29, 0.717) is 6.04 Å². The standard InChI is InChI=1S/C16H30N4/c1-4-20-13-15(10-18-20)12-19-8-6-5-7-16(19)11-17-9-14(2)3/h10,13-14,16-17H,4-9,11-12H2,1-3H3. The molecule has 1 aromatic rings. The Morgan fingerprint density at radius 3 is 2.95 bits per heavy atom. The molecular formula is C16H30N4. The molecule has 0 amide bonds. The van der Waals surface area contributed by atoms with Crippen LogP contribution in [-0.4, -0.2) is 40.4 Å². The number of rotatable bonds is 7. The van der Waals surface area contributed by atoms with Gasteiger partial charge in [0.2, 0.25) is 0 Å². The fourth-order valence-electron chi connectivity index (χ4n) is 2.93. The summed E-state index contributed by atoms with van der Waals surface area (Å²) in [5.41, 5.74) is 1.35. The molecule has 114 valence electrons. The maximum Gasteiger partial charge on any atom is 0.0534 e. The van der Waals surface area contributed by atoms with Crippen molar-refractivity contribution in [2.75, 3.05) is 19.6 Å². The monoisotopic (exact) mass is 278 g/mol. The summed E-state index contributed by atoms with van der Waals surface area (Å²) in [6, 6.07) is 0.687. The van der Waals surface area contributed by atoms with Crippen molar-refractivity contribution in [3.8, 4) is 0 Å². The molecule has 2 heterocycles. The van der Waals surface area contributed by atoms with E-state index in [-0.39, 0.29) is 0 Å². The largest absolute Gasteiger partial charge is 0.315 e. The Bertz CT molecular complexity index is 386. The lowest BCUT2D eigenvalue weighted by molar-refractivity contribution is 0.137. The Kier molecular flexibility index (Phi) is 6.05. The van der Waals surface area contributed by atoms with Crippen molar-refractivity contribution in [3.05, 3.63) is 18.0 Å². The average Bonchev–Trinajstić information content (AvgIpc) is 2.88. The van der Waals surface area contributed by atoms with E-state index in [4.69, 9.17) is 0 Å². The number of piperidine rings is 1. The molecule has 1 N–H and O–H groups in total. The maximum atomic E-state index is 4.38. The van der Waals surface area contributed by atoms with Crippen LogP contribution in [-0.2, 0) is 13.1 Å². The van der Waals surface area contributed by atoms with Gasteiger partial charge in [-0.15, -0.1) is 0 Å². The highest BCUT2D eigenvalue weighted by atomic mass is 15.3. The van der Waals surface area contributed by atoms with Gasteiger partial charge < -0.3 is 5.32 Å². The summed E-state index contributed by atoms with van der Waals surface area (Å²) in [6.07, 6.45) is 8.25. The second-order valence-electron chi connectivity index (χ2n) is 6.38. The van der Waals surface area contributed by atoms with Crippen molar-refractivity contribution >= 4 is 0 Å². The smallest absolute Gasteiger partial charge is 0.0534 e. The van der Waals surface area contributed by atoms with E-state index in [2.05, 4.69) is 42.3 Å². The first-order valence-corrected chi connectivity index (χ1v) is 8.15. The minimum atomic E-state index is 0.687. The van der Waals surface area contributed by atoms with E-state index in [1.807, 2.05) is 10.9 Å². The molecule has 1 aromatic heterocycles. The van der Waals surface area contributed by atoms with E-state index in [9.17, 15) is 0 Å². The van der Waals surface area contributed by atoms with Gasteiger partial charge in [-0.3, -0.25) is 9.58 Å². The van der Waals surface area contributed by atoms with Crippen LogP contribution in [0.2, 0.25) is 0 Å². The fraction of sp³-hybridized carbons (Fsp3) is 0.812. The number of aromatic nitrogens is 2. The quantitative estimate of drug-likeness (QED) is 0.832. The van der Waals surface area contributed by atoms with Crippen LogP contribution in [0, 0.1) is 5.92 Å². The number of hydrogen-bond acceptors (Lipinski definition) is 3. The molecule has 1 aliphatic heterocycles. The van der Waals surface area contributed by atoms with Gasteiger partial charge in [-0.2, -0.15) is 5.10 Å². The summed E-state index contributed by atoms with van der Waals surface area (Å²) in [6.45, 7) is 12.2. The van der Waals surface area contributed by atoms with Crippen LogP contribution >= 0.6 is 0 Å². The second-order valence-corrected chi connectivity index (χ2v) is 6.38. The van der Waals surface area contributed by atoms with Gasteiger partial charge in [0.25, 0.3) is 0 Å². The summed E-state index contributed by atoms with van der Waals surface area (Å²) >= 11 is 0. The van der Waals surface area contributed by atoms with Gasteiger partial charge in [-0.25, -0.2) is 0 Å². The van der Waals surface area contributed by atoms with Crippen LogP contribution in [0.5, 0.6) is 0 Å². The maximum absolute atomic E-state index is 4.38. The van der Waals surface area contributed by atoms with Gasteiger partial charge in [0.1, 0.15) is 0 Å². The van der Waals surface area contributed by atoms with Crippen molar-refractivity contribution in [1.29, 1.82) is 0 Å². The predicted octanol–water partition coefficient (Wildman–Crippen LogP) is 2.50. The molecule has 0 spiro atoms. The van der Waals surface area contributed by atoms with Gasteiger partial charge in [-0.05, 0) is 38.8 Å². The topological polar surface area (TPSA) is 33.1 Å². The zero-order valence-corrected chi connectivity index (χ0v) is 13.3. The summed E-state index contributed by atoms with van der Waals surface area (Å²) in [5.74, 6) is 0.731. The third kappa shape index (κ3) is 4.60. The fourth-order valence-corrected chi connectivity index (χ4v) is 2.93. The number of aryl methyl sites for hydroxylation is 1. The van der Waals surface area contributed by atoms with Gasteiger partial charge >= 0.3 is 0 Å². The van der Waals surface area contributed by atoms with E-state index in [1.165, 1.54) is 31.4 Å². The molecule has 0 saturated carbocycles. The molecular weight excluding hydrogens is 248 g/mol. The van der Waals surface area contributed by atoms with Gasteiger partial charge in [0.05, 0.1) is 6.20 Å². The van der Waals surface area contributed by atoms with Gasteiger partial charge in [0, 0.05) is 37.4 Å². The van der Waals surface area contributed by atoms with E-state index in [1.54, 1.807) is 0 Å². The Hall–Kier alpha value is -0.870. The third-order valence-corrected chi connectivity index (χ3v) is 4.08. The van der Waals surface area contributed by atoms with Crippen molar-refractivity contribution in [2.45, 2.75) is 59.2 Å². The van der Waals surface area contributed by atoms with E-state index >= 15 is 0 Å². The number of likely N-dealkylation sites (tertiary alicyclic amines) is 1. The summed E-state index contributed by atoms with van der Waals surface area (Å²) < 4.78 is 2.02. The molecule has 4 heteroatoms. The lowest BCUT2D eigenvalue weighted by Crippen LogP contribution is -2.45. The average molecular weight is 278 g/mol. The van der Waals surface area contributed by atoms with E-state index < -0.39 is 0 Å². The SMILES string of the molecule is CCn1cc(CN2CCCCC2CNCC(C)C)cn1. The molecule has 0 aliphatic carbocycles. The minimum Gasteiger partial charge on any atom is -0.315 e. The molecule has 1 unspecified atom stereocenters. The van der Waals surface area contributed by atoms with Crippen LogP contribution in [0.15, 0.2) is 12.4 Å². The first-order chi connectivity index (χ1) is 9.69. The van der Waals surface area contributed by atoms with E-state index in [0.717, 1.165) is 32.1 Å². The van der Waals surface area contributed by atoms with Crippen molar-refractivity contribution in [1.82, 2.24) is 20.0 Å². The first-order valence-electron chi connectivity index (χ1n) is 8.15. The summed E-state index contributed by atoms with van der Waals surface area (Å²) in [7, 11) is 0. The predicted molar refractivity (Wildman–Crippen MR) is 83.7 cm³/mol. The Morgan fingerprint density at radius 2 is 2.25 bits per heavy atom. The minimum absolute atomic E-state index is 0.687. The Morgan fingerprint density at radius 1 is 1.40 bits per heavy atom. The van der Waals surface area contributed by atoms with Crippen LogP contribution < -0.4 is 5.32 Å². The normalized spacial score (nSPS) is 20.7. The highest BCUT2D eigenvalue weighted by molar-refractivity contribution is 5.04. The highest BCUT2D eigenvalue weighted by Crippen LogP contribution is 2.19. The van der Waals surface area contributed by atoms with Crippen molar-refractivity contribution < 1.29 is 0 Å². The second kappa shape index (κ2) is 7.79. The van der Waals surface area contributed by atoms with Crippen molar-refractivity contribution in [3.63, 3.8) is 0 Å². The molecule has 0 radical (unpaired) electrons. The molecule has 1 aliphatic rings. The van der Waals surface area contributed by atoms with Crippen LogP contribution in [0.4, 0.5) is 0 Å².